The molecule has 0 bridgehead atoms. The number of hydrogen-bond acceptors (Lipinski definition) is 4. The SMILES string of the molecule is O=C1CC(COC(=O)c2cn[nH]c2-c2ccccc2)CN1. The summed E-state index contributed by atoms with van der Waals surface area (Å²) in [5, 5.41) is 9.46. The minimum Gasteiger partial charge on any atom is -0.462 e. The number of aromatic nitrogens is 2. The van der Waals surface area contributed by atoms with E-state index in [1.54, 1.807) is 0 Å². The van der Waals surface area contributed by atoms with Crippen LogP contribution in [0, 0.1) is 5.92 Å². The van der Waals surface area contributed by atoms with E-state index < -0.39 is 5.97 Å². The van der Waals surface area contributed by atoms with E-state index in [9.17, 15) is 9.59 Å². The van der Waals surface area contributed by atoms with Crippen molar-refractivity contribution in [2.75, 3.05) is 13.2 Å². The lowest BCUT2D eigenvalue weighted by molar-refractivity contribution is -0.119. The van der Waals surface area contributed by atoms with E-state index >= 15 is 0 Å². The quantitative estimate of drug-likeness (QED) is 0.831. The summed E-state index contributed by atoms with van der Waals surface area (Å²) in [4.78, 5) is 23.2. The fourth-order valence-electron chi connectivity index (χ4n) is 2.32. The second-order valence-electron chi connectivity index (χ2n) is 5.00. The first-order chi connectivity index (χ1) is 10.2. The summed E-state index contributed by atoms with van der Waals surface area (Å²) in [5.41, 5.74) is 1.92. The van der Waals surface area contributed by atoms with E-state index in [2.05, 4.69) is 15.5 Å². The van der Waals surface area contributed by atoms with Crippen molar-refractivity contribution >= 4 is 11.9 Å². The molecule has 0 saturated carbocycles. The topological polar surface area (TPSA) is 84.1 Å². The third kappa shape index (κ3) is 2.94. The van der Waals surface area contributed by atoms with Crippen molar-refractivity contribution in [1.82, 2.24) is 15.5 Å². The third-order valence-electron chi connectivity index (χ3n) is 3.43. The second kappa shape index (κ2) is 5.78. The average Bonchev–Trinajstić information content (AvgIpc) is 3.14. The Hall–Kier alpha value is -2.63. The number of ether oxygens (including phenoxy) is 1. The molecule has 3 rings (SSSR count). The molecule has 1 aliphatic heterocycles. The molecule has 6 nitrogen and oxygen atoms in total. The number of rotatable bonds is 4. The fraction of sp³-hybridized carbons (Fsp3) is 0.267. The lowest BCUT2D eigenvalue weighted by atomic mass is 10.1. The van der Waals surface area contributed by atoms with Crippen molar-refractivity contribution in [2.24, 2.45) is 5.92 Å². The maximum atomic E-state index is 12.2. The highest BCUT2D eigenvalue weighted by molar-refractivity contribution is 5.95. The molecule has 6 heteroatoms. The number of hydrogen-bond donors (Lipinski definition) is 2. The summed E-state index contributed by atoms with van der Waals surface area (Å²) in [5.74, 6) is -0.375. The van der Waals surface area contributed by atoms with Gasteiger partial charge in [-0.3, -0.25) is 9.89 Å². The Kier molecular flexibility index (Phi) is 3.68. The van der Waals surface area contributed by atoms with Gasteiger partial charge in [0, 0.05) is 24.4 Å². The van der Waals surface area contributed by atoms with Crippen LogP contribution in [0.2, 0.25) is 0 Å². The number of carbonyl (C=O) groups is 2. The summed E-state index contributed by atoms with van der Waals surface area (Å²) in [6.07, 6.45) is 1.87. The molecule has 1 atom stereocenters. The molecule has 0 radical (unpaired) electrons. The molecule has 1 fully saturated rings. The van der Waals surface area contributed by atoms with Crippen molar-refractivity contribution < 1.29 is 14.3 Å². The van der Waals surface area contributed by atoms with Crippen LogP contribution in [0.3, 0.4) is 0 Å². The van der Waals surface area contributed by atoms with Gasteiger partial charge in [-0.15, -0.1) is 0 Å². The fourth-order valence-corrected chi connectivity index (χ4v) is 2.32. The van der Waals surface area contributed by atoms with Crippen LogP contribution in [0.5, 0.6) is 0 Å². The number of amides is 1. The summed E-state index contributed by atoms with van der Waals surface area (Å²) in [6, 6.07) is 9.47. The summed E-state index contributed by atoms with van der Waals surface area (Å²) >= 11 is 0. The maximum Gasteiger partial charge on any atom is 0.341 e. The van der Waals surface area contributed by atoms with Crippen LogP contribution >= 0.6 is 0 Å². The molecule has 1 saturated heterocycles. The summed E-state index contributed by atoms with van der Waals surface area (Å²) in [6.45, 7) is 0.792. The van der Waals surface area contributed by atoms with Gasteiger partial charge < -0.3 is 10.1 Å². The van der Waals surface area contributed by atoms with Gasteiger partial charge in [-0.25, -0.2) is 4.79 Å². The molecule has 0 aliphatic carbocycles. The zero-order valence-corrected chi connectivity index (χ0v) is 11.3. The standard InChI is InChI=1S/C15H15N3O3/c19-13-6-10(7-16-13)9-21-15(20)12-8-17-18-14(12)11-4-2-1-3-5-11/h1-5,8,10H,6-7,9H2,(H,16,19)(H,17,18). The highest BCUT2D eigenvalue weighted by atomic mass is 16.5. The molecular weight excluding hydrogens is 270 g/mol. The Labute approximate surface area is 121 Å². The first kappa shape index (κ1) is 13.4. The van der Waals surface area contributed by atoms with Gasteiger partial charge in [0.2, 0.25) is 5.91 Å². The number of nitrogens with zero attached hydrogens (tertiary/aromatic N) is 1. The van der Waals surface area contributed by atoms with E-state index in [-0.39, 0.29) is 18.4 Å². The molecule has 1 unspecified atom stereocenters. The molecule has 2 heterocycles. The molecular formula is C15H15N3O3. The van der Waals surface area contributed by atoms with Gasteiger partial charge in [0.25, 0.3) is 0 Å². The van der Waals surface area contributed by atoms with Crippen LogP contribution < -0.4 is 5.32 Å². The van der Waals surface area contributed by atoms with E-state index in [4.69, 9.17) is 4.74 Å². The minimum absolute atomic E-state index is 0.00401. The zero-order chi connectivity index (χ0) is 14.7. The van der Waals surface area contributed by atoms with E-state index in [1.807, 2.05) is 30.3 Å². The van der Waals surface area contributed by atoms with Crippen molar-refractivity contribution in [1.29, 1.82) is 0 Å². The second-order valence-corrected chi connectivity index (χ2v) is 5.00. The van der Waals surface area contributed by atoms with E-state index in [1.165, 1.54) is 6.20 Å². The number of H-pyrrole nitrogens is 1. The Balaban J connectivity index is 1.68. The Morgan fingerprint density at radius 2 is 2.14 bits per heavy atom. The van der Waals surface area contributed by atoms with Gasteiger partial charge in [0.15, 0.2) is 0 Å². The van der Waals surface area contributed by atoms with Gasteiger partial charge in [0.05, 0.1) is 18.5 Å². The highest BCUT2D eigenvalue weighted by Gasteiger charge is 2.24. The largest absolute Gasteiger partial charge is 0.462 e. The lowest BCUT2D eigenvalue weighted by Crippen LogP contribution is -2.17. The Morgan fingerprint density at radius 1 is 1.33 bits per heavy atom. The molecule has 0 spiro atoms. The van der Waals surface area contributed by atoms with Gasteiger partial charge in [-0.2, -0.15) is 5.10 Å². The van der Waals surface area contributed by atoms with Crippen molar-refractivity contribution in [3.05, 3.63) is 42.1 Å². The summed E-state index contributed by atoms with van der Waals surface area (Å²) in [7, 11) is 0. The Morgan fingerprint density at radius 3 is 2.86 bits per heavy atom. The Bertz CT molecular complexity index is 651. The third-order valence-corrected chi connectivity index (χ3v) is 3.43. The zero-order valence-electron chi connectivity index (χ0n) is 11.3. The molecule has 1 aromatic heterocycles. The lowest BCUT2D eigenvalue weighted by Gasteiger charge is -2.08. The van der Waals surface area contributed by atoms with Crippen LogP contribution in [-0.4, -0.2) is 35.2 Å². The van der Waals surface area contributed by atoms with E-state index in [0.717, 1.165) is 5.56 Å². The first-order valence-electron chi connectivity index (χ1n) is 6.76. The predicted molar refractivity (Wildman–Crippen MR) is 75.4 cm³/mol. The number of carbonyl (C=O) groups excluding carboxylic acids is 2. The van der Waals surface area contributed by atoms with Crippen LogP contribution in [0.25, 0.3) is 11.3 Å². The average molecular weight is 285 g/mol. The van der Waals surface area contributed by atoms with Gasteiger partial charge in [0.1, 0.15) is 5.56 Å². The van der Waals surface area contributed by atoms with Crippen molar-refractivity contribution in [2.45, 2.75) is 6.42 Å². The normalized spacial score (nSPS) is 17.5. The molecule has 2 aromatic rings. The van der Waals surface area contributed by atoms with Crippen molar-refractivity contribution in [3.63, 3.8) is 0 Å². The van der Waals surface area contributed by atoms with Crippen LogP contribution in [-0.2, 0) is 9.53 Å². The predicted octanol–water partition coefficient (Wildman–Crippen LogP) is 1.37. The molecule has 1 aliphatic rings. The van der Waals surface area contributed by atoms with Crippen LogP contribution in [0.4, 0.5) is 0 Å². The molecule has 1 aromatic carbocycles. The number of aromatic amines is 1. The van der Waals surface area contributed by atoms with Gasteiger partial charge >= 0.3 is 5.97 Å². The maximum absolute atomic E-state index is 12.2. The van der Waals surface area contributed by atoms with Crippen LogP contribution in [0.15, 0.2) is 36.5 Å². The van der Waals surface area contributed by atoms with Crippen LogP contribution in [0.1, 0.15) is 16.8 Å². The van der Waals surface area contributed by atoms with E-state index in [0.29, 0.717) is 24.2 Å². The first-order valence-corrected chi connectivity index (χ1v) is 6.76. The molecule has 1 amide bonds. The van der Waals surface area contributed by atoms with Gasteiger partial charge in [-0.1, -0.05) is 30.3 Å². The monoisotopic (exact) mass is 285 g/mol. The minimum atomic E-state index is -0.429. The summed E-state index contributed by atoms with van der Waals surface area (Å²) < 4.78 is 5.29. The molecule has 108 valence electrons. The highest BCUT2D eigenvalue weighted by Crippen LogP contribution is 2.21. The van der Waals surface area contributed by atoms with Crippen molar-refractivity contribution in [3.8, 4) is 11.3 Å². The number of nitrogens with one attached hydrogen (secondary N) is 2. The van der Waals surface area contributed by atoms with Gasteiger partial charge in [-0.05, 0) is 0 Å². The molecule has 2 N–H and O–H groups in total. The number of esters is 1. The molecule has 21 heavy (non-hydrogen) atoms. The number of benzene rings is 1. The smallest absolute Gasteiger partial charge is 0.341 e.